The van der Waals surface area contributed by atoms with E-state index < -0.39 is 0 Å². The molecule has 0 spiro atoms. The number of imide groups is 1. The summed E-state index contributed by atoms with van der Waals surface area (Å²) in [5.41, 5.74) is -0.186. The lowest BCUT2D eigenvalue weighted by atomic mass is 9.85. The third-order valence-electron chi connectivity index (χ3n) is 4.37. The Morgan fingerprint density at radius 2 is 1.80 bits per heavy atom. The smallest absolute Gasteiger partial charge is 0.238 e. The van der Waals surface area contributed by atoms with Gasteiger partial charge in [0.05, 0.1) is 11.8 Å². The fourth-order valence-corrected chi connectivity index (χ4v) is 3.58. The largest absolute Gasteiger partial charge is 0.513 e. The first kappa shape index (κ1) is 12.7. The molecule has 3 aliphatic rings. The zero-order chi connectivity index (χ0) is 14.4. The van der Waals surface area contributed by atoms with Crippen molar-refractivity contribution in [3.05, 3.63) is 48.6 Å². The van der Waals surface area contributed by atoms with Crippen molar-refractivity contribution in [2.45, 2.75) is 6.42 Å². The average molecular weight is 273 g/mol. The molecule has 20 heavy (non-hydrogen) atoms. The lowest BCUT2D eigenvalue weighted by Crippen LogP contribution is -2.33. The number of rotatable bonds is 3. The first-order valence-corrected chi connectivity index (χ1v) is 6.52. The molecule has 5 heteroatoms. The van der Waals surface area contributed by atoms with Gasteiger partial charge in [-0.2, -0.15) is 0 Å². The summed E-state index contributed by atoms with van der Waals surface area (Å²) in [6.45, 7) is 3.43. The lowest BCUT2D eigenvalue weighted by Gasteiger charge is -2.18. The van der Waals surface area contributed by atoms with Gasteiger partial charge in [0.1, 0.15) is 17.7 Å². The Labute approximate surface area is 116 Å². The topological polar surface area (TPSA) is 77.8 Å². The fourth-order valence-electron chi connectivity index (χ4n) is 3.58. The quantitative estimate of drug-likeness (QED) is 0.356. The molecule has 1 aliphatic heterocycles. The van der Waals surface area contributed by atoms with Gasteiger partial charge >= 0.3 is 0 Å². The van der Waals surface area contributed by atoms with Crippen LogP contribution in [0.15, 0.2) is 48.6 Å². The first-order chi connectivity index (χ1) is 9.60. The van der Waals surface area contributed by atoms with Crippen LogP contribution < -0.4 is 0 Å². The van der Waals surface area contributed by atoms with Crippen molar-refractivity contribution in [1.29, 1.82) is 0 Å². The Morgan fingerprint density at radius 3 is 2.25 bits per heavy atom. The van der Waals surface area contributed by atoms with Crippen LogP contribution >= 0.6 is 0 Å². The highest BCUT2D eigenvalue weighted by molar-refractivity contribution is 6.08. The summed E-state index contributed by atoms with van der Waals surface area (Å²) in [6, 6.07) is 0. The fraction of sp³-hybridized carbons (Fsp3) is 0.333. The van der Waals surface area contributed by atoms with Crippen LogP contribution in [0.5, 0.6) is 0 Å². The SMILES string of the molecule is C=C/C=C(O)\C(=C/O)N1C(=O)C2C3C=CC(C3)C2C1=O. The predicted octanol–water partition coefficient (Wildman–Crippen LogP) is 1.82. The molecular weight excluding hydrogens is 258 g/mol. The summed E-state index contributed by atoms with van der Waals surface area (Å²) in [7, 11) is 0. The maximum absolute atomic E-state index is 12.5. The molecule has 104 valence electrons. The molecule has 1 saturated heterocycles. The van der Waals surface area contributed by atoms with Crippen molar-refractivity contribution in [2.24, 2.45) is 23.7 Å². The number of allylic oxidation sites excluding steroid dienone is 4. The van der Waals surface area contributed by atoms with Crippen molar-refractivity contribution in [3.63, 3.8) is 0 Å². The number of hydrogen-bond acceptors (Lipinski definition) is 4. The minimum Gasteiger partial charge on any atom is -0.513 e. The molecule has 0 aromatic rings. The number of aliphatic hydroxyl groups excluding tert-OH is 2. The summed E-state index contributed by atoms with van der Waals surface area (Å²) < 4.78 is 0. The number of hydrogen-bond donors (Lipinski definition) is 2. The monoisotopic (exact) mass is 273 g/mol. The molecular formula is C15H15NO4. The van der Waals surface area contributed by atoms with Gasteiger partial charge in [0.2, 0.25) is 11.8 Å². The number of carbonyl (C=O) groups excluding carboxylic acids is 2. The molecule has 2 aliphatic carbocycles. The molecule has 2 amide bonds. The first-order valence-electron chi connectivity index (χ1n) is 6.52. The number of fused-ring (bicyclic) bond motifs is 5. The van der Waals surface area contributed by atoms with Crippen molar-refractivity contribution in [1.82, 2.24) is 4.90 Å². The third-order valence-corrected chi connectivity index (χ3v) is 4.37. The molecule has 0 aromatic carbocycles. The van der Waals surface area contributed by atoms with Gasteiger partial charge in [0.25, 0.3) is 0 Å². The molecule has 4 unspecified atom stereocenters. The van der Waals surface area contributed by atoms with E-state index in [1.807, 2.05) is 12.2 Å². The van der Waals surface area contributed by atoms with Gasteiger partial charge in [-0.1, -0.05) is 24.8 Å². The van der Waals surface area contributed by atoms with Crippen LogP contribution in [0.3, 0.4) is 0 Å². The summed E-state index contributed by atoms with van der Waals surface area (Å²) >= 11 is 0. The van der Waals surface area contributed by atoms with Gasteiger partial charge in [-0.25, -0.2) is 4.90 Å². The van der Waals surface area contributed by atoms with Gasteiger partial charge in [-0.3, -0.25) is 9.59 Å². The molecule has 2 N–H and O–H groups in total. The van der Waals surface area contributed by atoms with Crippen molar-refractivity contribution >= 4 is 11.8 Å². The molecule has 2 fully saturated rings. The van der Waals surface area contributed by atoms with Crippen LogP contribution in [0, 0.1) is 23.7 Å². The molecule has 4 atom stereocenters. The van der Waals surface area contributed by atoms with Gasteiger partial charge < -0.3 is 10.2 Å². The zero-order valence-corrected chi connectivity index (χ0v) is 10.8. The van der Waals surface area contributed by atoms with Crippen LogP contribution in [-0.4, -0.2) is 26.9 Å². The highest BCUT2D eigenvalue weighted by atomic mass is 16.3. The number of likely N-dealkylation sites (tertiary alicyclic amines) is 1. The minimum atomic E-state index is -0.357. The standard InChI is InChI=1S/C15H15NO4/c1-2-3-11(18)10(7-17)16-14(19)12-8-4-5-9(6-8)13(12)15(16)20/h2-5,7-9,12-13,17-18H,1,6H2/b10-7+,11-3+. The highest BCUT2D eigenvalue weighted by Crippen LogP contribution is 2.53. The molecule has 2 bridgehead atoms. The number of amides is 2. The molecule has 1 saturated carbocycles. The Hall–Kier alpha value is -2.30. The second kappa shape index (κ2) is 4.37. The van der Waals surface area contributed by atoms with E-state index in [2.05, 4.69) is 6.58 Å². The number of carbonyl (C=O) groups is 2. The van der Waals surface area contributed by atoms with Crippen LogP contribution in [0.25, 0.3) is 0 Å². The maximum Gasteiger partial charge on any atom is 0.238 e. The van der Waals surface area contributed by atoms with E-state index in [1.165, 1.54) is 12.2 Å². The van der Waals surface area contributed by atoms with E-state index in [1.54, 1.807) is 0 Å². The predicted molar refractivity (Wildman–Crippen MR) is 71.2 cm³/mol. The van der Waals surface area contributed by atoms with Crippen LogP contribution in [-0.2, 0) is 9.59 Å². The summed E-state index contributed by atoms with van der Waals surface area (Å²) in [5.74, 6) is -1.58. The van der Waals surface area contributed by atoms with Crippen molar-refractivity contribution < 1.29 is 19.8 Å². The van der Waals surface area contributed by atoms with Gasteiger partial charge in [-0.15, -0.1) is 0 Å². The Morgan fingerprint density at radius 1 is 1.25 bits per heavy atom. The van der Waals surface area contributed by atoms with Crippen molar-refractivity contribution in [2.75, 3.05) is 0 Å². The average Bonchev–Trinajstić information content (AvgIpc) is 3.08. The van der Waals surface area contributed by atoms with Gasteiger partial charge in [0, 0.05) is 0 Å². The van der Waals surface area contributed by atoms with E-state index in [0.717, 1.165) is 11.3 Å². The normalized spacial score (nSPS) is 35.9. The zero-order valence-electron chi connectivity index (χ0n) is 10.8. The van der Waals surface area contributed by atoms with Crippen molar-refractivity contribution in [3.8, 4) is 0 Å². The minimum absolute atomic E-state index is 0.0944. The Balaban J connectivity index is 1.97. The Kier molecular flexibility index (Phi) is 2.78. The second-order valence-electron chi connectivity index (χ2n) is 5.31. The van der Waals surface area contributed by atoms with Crippen LogP contribution in [0.2, 0.25) is 0 Å². The van der Waals surface area contributed by atoms with E-state index in [-0.39, 0.29) is 46.9 Å². The second-order valence-corrected chi connectivity index (χ2v) is 5.31. The van der Waals surface area contributed by atoms with E-state index in [0.29, 0.717) is 6.26 Å². The van der Waals surface area contributed by atoms with E-state index in [9.17, 15) is 19.8 Å². The molecule has 5 nitrogen and oxygen atoms in total. The van der Waals surface area contributed by atoms with Crippen LogP contribution in [0.1, 0.15) is 6.42 Å². The van der Waals surface area contributed by atoms with E-state index in [4.69, 9.17) is 0 Å². The summed E-state index contributed by atoms with van der Waals surface area (Å²) in [4.78, 5) is 25.8. The molecule has 0 radical (unpaired) electrons. The summed E-state index contributed by atoms with van der Waals surface area (Å²) in [6.07, 6.45) is 7.94. The van der Waals surface area contributed by atoms with Gasteiger partial charge in [-0.05, 0) is 24.3 Å². The Bertz CT molecular complexity index is 557. The highest BCUT2D eigenvalue weighted by Gasteiger charge is 2.60. The maximum atomic E-state index is 12.5. The van der Waals surface area contributed by atoms with Crippen LogP contribution in [0.4, 0.5) is 0 Å². The number of nitrogens with zero attached hydrogens (tertiary/aromatic N) is 1. The number of aliphatic hydroxyl groups is 2. The summed E-state index contributed by atoms with van der Waals surface area (Å²) in [5, 5.41) is 19.1. The van der Waals surface area contributed by atoms with E-state index >= 15 is 0 Å². The van der Waals surface area contributed by atoms with Gasteiger partial charge in [0.15, 0.2) is 0 Å². The molecule has 0 aromatic heterocycles. The molecule has 3 rings (SSSR count). The third kappa shape index (κ3) is 1.49. The molecule has 1 heterocycles. The lowest BCUT2D eigenvalue weighted by molar-refractivity contribution is -0.138.